The standard InChI is InChI=1S/C13H22N2O/c1-9-7-10(2)12(11(8-9)16-6)13(14-3)15(4)5/h7-8,13-14H,1-6H3. The highest BCUT2D eigenvalue weighted by molar-refractivity contribution is 5.44. The van der Waals surface area contributed by atoms with Gasteiger partial charge >= 0.3 is 0 Å². The molecule has 3 heteroatoms. The number of benzene rings is 1. The number of hydrogen-bond acceptors (Lipinski definition) is 3. The molecule has 0 fully saturated rings. The Labute approximate surface area is 98.4 Å². The average Bonchev–Trinajstić information content (AvgIpc) is 2.21. The lowest BCUT2D eigenvalue weighted by Crippen LogP contribution is -2.31. The van der Waals surface area contributed by atoms with E-state index in [9.17, 15) is 0 Å². The van der Waals surface area contributed by atoms with Gasteiger partial charge in [0.15, 0.2) is 0 Å². The summed E-state index contributed by atoms with van der Waals surface area (Å²) in [6, 6.07) is 4.27. The van der Waals surface area contributed by atoms with Crippen LogP contribution in [0.2, 0.25) is 0 Å². The van der Waals surface area contributed by atoms with Gasteiger partial charge in [-0.1, -0.05) is 6.07 Å². The minimum Gasteiger partial charge on any atom is -0.496 e. The SMILES string of the molecule is CNC(c1c(C)cc(C)cc1OC)N(C)C. The fourth-order valence-corrected chi connectivity index (χ4v) is 2.12. The molecule has 0 aliphatic carbocycles. The maximum atomic E-state index is 5.47. The van der Waals surface area contributed by atoms with Gasteiger partial charge in [0.2, 0.25) is 0 Å². The van der Waals surface area contributed by atoms with Crippen LogP contribution in [-0.2, 0) is 0 Å². The van der Waals surface area contributed by atoms with Gasteiger partial charge in [0.05, 0.1) is 13.3 Å². The maximum absolute atomic E-state index is 5.47. The Morgan fingerprint density at radius 3 is 2.31 bits per heavy atom. The second kappa shape index (κ2) is 5.32. The van der Waals surface area contributed by atoms with Gasteiger partial charge in [0.1, 0.15) is 5.75 Å². The normalized spacial score (nSPS) is 12.9. The van der Waals surface area contributed by atoms with Crippen molar-refractivity contribution in [3.63, 3.8) is 0 Å². The molecular weight excluding hydrogens is 200 g/mol. The Balaban J connectivity index is 3.29. The van der Waals surface area contributed by atoms with Gasteiger partial charge in [-0.2, -0.15) is 0 Å². The lowest BCUT2D eigenvalue weighted by Gasteiger charge is -2.27. The molecule has 0 radical (unpaired) electrons. The molecule has 1 aromatic carbocycles. The molecule has 0 amide bonds. The predicted molar refractivity (Wildman–Crippen MR) is 68.0 cm³/mol. The number of hydrogen-bond donors (Lipinski definition) is 1. The van der Waals surface area contributed by atoms with Crippen molar-refractivity contribution in [3.8, 4) is 5.75 Å². The second-order valence-electron chi connectivity index (χ2n) is 4.35. The summed E-state index contributed by atoms with van der Waals surface area (Å²) in [5.74, 6) is 0.950. The summed E-state index contributed by atoms with van der Waals surface area (Å²) in [7, 11) is 7.79. The molecule has 3 nitrogen and oxygen atoms in total. The second-order valence-corrected chi connectivity index (χ2v) is 4.35. The van der Waals surface area contributed by atoms with Gasteiger partial charge in [-0.25, -0.2) is 0 Å². The molecule has 1 aromatic rings. The zero-order chi connectivity index (χ0) is 12.3. The summed E-state index contributed by atoms with van der Waals surface area (Å²) >= 11 is 0. The van der Waals surface area contributed by atoms with Crippen molar-refractivity contribution in [2.45, 2.75) is 20.0 Å². The van der Waals surface area contributed by atoms with Crippen LogP contribution in [0.5, 0.6) is 5.75 Å². The molecule has 1 unspecified atom stereocenters. The van der Waals surface area contributed by atoms with Gasteiger partial charge in [-0.05, 0) is 52.2 Å². The molecule has 0 bridgehead atoms. The zero-order valence-electron chi connectivity index (χ0n) is 11.1. The average molecular weight is 222 g/mol. The monoisotopic (exact) mass is 222 g/mol. The number of ether oxygens (including phenoxy) is 1. The molecule has 16 heavy (non-hydrogen) atoms. The molecule has 1 atom stereocenters. The molecular formula is C13H22N2O. The molecule has 0 spiro atoms. The molecule has 90 valence electrons. The molecule has 0 heterocycles. The third-order valence-corrected chi connectivity index (χ3v) is 2.78. The van der Waals surface area contributed by atoms with Crippen molar-refractivity contribution in [2.75, 3.05) is 28.3 Å². The van der Waals surface area contributed by atoms with E-state index in [1.54, 1.807) is 7.11 Å². The Hall–Kier alpha value is -1.06. The van der Waals surface area contributed by atoms with Gasteiger partial charge in [0, 0.05) is 5.56 Å². The van der Waals surface area contributed by atoms with Crippen LogP contribution in [0.15, 0.2) is 12.1 Å². The van der Waals surface area contributed by atoms with Crippen molar-refractivity contribution in [1.29, 1.82) is 0 Å². The lowest BCUT2D eigenvalue weighted by atomic mass is 10.0. The molecule has 0 saturated heterocycles. The van der Waals surface area contributed by atoms with E-state index in [4.69, 9.17) is 4.74 Å². The summed E-state index contributed by atoms with van der Waals surface area (Å²) in [5, 5.41) is 3.30. The fourth-order valence-electron chi connectivity index (χ4n) is 2.12. The molecule has 1 rings (SSSR count). The Bertz CT molecular complexity index is 361. The third kappa shape index (κ3) is 2.54. The quantitative estimate of drug-likeness (QED) is 0.790. The predicted octanol–water partition coefficient (Wildman–Crippen LogP) is 2.09. The van der Waals surface area contributed by atoms with Crippen LogP contribution in [0.3, 0.4) is 0 Å². The maximum Gasteiger partial charge on any atom is 0.125 e. The van der Waals surface area contributed by atoms with Crippen LogP contribution < -0.4 is 10.1 Å². The topological polar surface area (TPSA) is 24.5 Å². The summed E-state index contributed by atoms with van der Waals surface area (Å²) in [5.41, 5.74) is 3.69. The number of nitrogens with one attached hydrogen (secondary N) is 1. The number of aryl methyl sites for hydroxylation is 2. The van der Waals surface area contributed by atoms with Crippen molar-refractivity contribution in [1.82, 2.24) is 10.2 Å². The first-order valence-corrected chi connectivity index (χ1v) is 5.50. The molecule has 0 aliphatic rings. The van der Waals surface area contributed by atoms with E-state index in [0.717, 1.165) is 5.75 Å². The van der Waals surface area contributed by atoms with Crippen molar-refractivity contribution in [2.24, 2.45) is 0 Å². The van der Waals surface area contributed by atoms with Crippen molar-refractivity contribution in [3.05, 3.63) is 28.8 Å². The van der Waals surface area contributed by atoms with Crippen LogP contribution in [0.25, 0.3) is 0 Å². The number of methoxy groups -OCH3 is 1. The van der Waals surface area contributed by atoms with Gasteiger partial charge in [0.25, 0.3) is 0 Å². The number of nitrogens with zero attached hydrogens (tertiary/aromatic N) is 1. The lowest BCUT2D eigenvalue weighted by molar-refractivity contribution is 0.255. The van der Waals surface area contributed by atoms with E-state index in [1.807, 2.05) is 7.05 Å². The highest BCUT2D eigenvalue weighted by Crippen LogP contribution is 2.30. The van der Waals surface area contributed by atoms with E-state index in [-0.39, 0.29) is 6.17 Å². The summed E-state index contributed by atoms with van der Waals surface area (Å²) in [6.07, 6.45) is 0.176. The van der Waals surface area contributed by atoms with E-state index in [2.05, 4.69) is 50.3 Å². The van der Waals surface area contributed by atoms with E-state index >= 15 is 0 Å². The molecule has 0 saturated carbocycles. The fraction of sp³-hybridized carbons (Fsp3) is 0.538. The summed E-state index contributed by atoms with van der Waals surface area (Å²) in [4.78, 5) is 2.14. The van der Waals surface area contributed by atoms with Crippen LogP contribution in [0, 0.1) is 13.8 Å². The largest absolute Gasteiger partial charge is 0.496 e. The van der Waals surface area contributed by atoms with Crippen molar-refractivity contribution >= 4 is 0 Å². The van der Waals surface area contributed by atoms with E-state index < -0.39 is 0 Å². The summed E-state index contributed by atoms with van der Waals surface area (Å²) in [6.45, 7) is 4.21. The molecule has 0 aliphatic heterocycles. The van der Waals surface area contributed by atoms with Gasteiger partial charge < -0.3 is 10.1 Å². The van der Waals surface area contributed by atoms with Crippen LogP contribution >= 0.6 is 0 Å². The van der Waals surface area contributed by atoms with Gasteiger partial charge in [-0.3, -0.25) is 4.90 Å². The first-order valence-electron chi connectivity index (χ1n) is 5.50. The van der Waals surface area contributed by atoms with Crippen LogP contribution in [0.4, 0.5) is 0 Å². The zero-order valence-corrected chi connectivity index (χ0v) is 11.1. The first-order chi connectivity index (χ1) is 7.51. The Kier molecular flexibility index (Phi) is 4.33. The van der Waals surface area contributed by atoms with Crippen molar-refractivity contribution < 1.29 is 4.74 Å². The minimum absolute atomic E-state index is 0.176. The highest BCUT2D eigenvalue weighted by atomic mass is 16.5. The smallest absolute Gasteiger partial charge is 0.125 e. The third-order valence-electron chi connectivity index (χ3n) is 2.78. The highest BCUT2D eigenvalue weighted by Gasteiger charge is 2.19. The molecule has 1 N–H and O–H groups in total. The van der Waals surface area contributed by atoms with Crippen LogP contribution in [0.1, 0.15) is 22.9 Å². The Morgan fingerprint density at radius 1 is 1.25 bits per heavy atom. The van der Waals surface area contributed by atoms with Crippen LogP contribution in [-0.4, -0.2) is 33.2 Å². The van der Waals surface area contributed by atoms with E-state index in [1.165, 1.54) is 16.7 Å². The number of rotatable bonds is 4. The first kappa shape index (κ1) is 13.0. The molecule has 0 aromatic heterocycles. The minimum atomic E-state index is 0.176. The van der Waals surface area contributed by atoms with Gasteiger partial charge in [-0.15, -0.1) is 0 Å². The Morgan fingerprint density at radius 2 is 1.88 bits per heavy atom. The summed E-state index contributed by atoms with van der Waals surface area (Å²) < 4.78 is 5.47. The van der Waals surface area contributed by atoms with E-state index in [0.29, 0.717) is 0 Å².